The summed E-state index contributed by atoms with van der Waals surface area (Å²) in [4.78, 5) is 0. The lowest BCUT2D eigenvalue weighted by molar-refractivity contribution is 0.425. The molecule has 2 heteroatoms. The molecule has 12 heavy (non-hydrogen) atoms. The summed E-state index contributed by atoms with van der Waals surface area (Å²) in [6.45, 7) is 8.74. The summed E-state index contributed by atoms with van der Waals surface area (Å²) < 4.78 is 0. The minimum absolute atomic E-state index is 0.279. The number of aromatic amines is 1. The van der Waals surface area contributed by atoms with Crippen LogP contribution in [0.15, 0.2) is 6.07 Å². The number of H-pyrrole nitrogens is 1. The van der Waals surface area contributed by atoms with Crippen LogP contribution in [-0.4, -0.2) is 10.2 Å². The Bertz CT molecular complexity index is 246. The molecular formula is C10H18N2. The Hall–Kier alpha value is -0.790. The van der Waals surface area contributed by atoms with Crippen LogP contribution in [0.5, 0.6) is 0 Å². The minimum atomic E-state index is 0.279. The van der Waals surface area contributed by atoms with Gasteiger partial charge < -0.3 is 0 Å². The fourth-order valence-electron chi connectivity index (χ4n) is 1.36. The molecule has 0 unspecified atom stereocenters. The molecule has 0 aliphatic heterocycles. The van der Waals surface area contributed by atoms with Gasteiger partial charge in [0.05, 0.1) is 5.69 Å². The average Bonchev–Trinajstić information content (AvgIpc) is 2.51. The molecule has 0 saturated heterocycles. The monoisotopic (exact) mass is 166 g/mol. The molecule has 0 atom stereocenters. The summed E-state index contributed by atoms with van der Waals surface area (Å²) in [7, 11) is 0. The molecule has 0 aromatic carbocycles. The van der Waals surface area contributed by atoms with Crippen molar-refractivity contribution in [2.24, 2.45) is 0 Å². The highest BCUT2D eigenvalue weighted by Crippen LogP contribution is 2.29. The van der Waals surface area contributed by atoms with Crippen LogP contribution in [0, 0.1) is 6.92 Å². The van der Waals surface area contributed by atoms with E-state index in [1.807, 2.05) is 6.92 Å². The predicted octanol–water partition coefficient (Wildman–Crippen LogP) is 2.80. The van der Waals surface area contributed by atoms with Crippen LogP contribution >= 0.6 is 0 Å². The van der Waals surface area contributed by atoms with Crippen molar-refractivity contribution < 1.29 is 0 Å². The quantitative estimate of drug-likeness (QED) is 0.735. The third-order valence-electron chi connectivity index (χ3n) is 2.92. The first-order valence-corrected chi connectivity index (χ1v) is 4.65. The number of nitrogens with one attached hydrogen (secondary N) is 1. The molecule has 0 radical (unpaired) electrons. The van der Waals surface area contributed by atoms with E-state index in [0.717, 1.165) is 18.5 Å². The Morgan fingerprint density at radius 3 is 2.33 bits per heavy atom. The van der Waals surface area contributed by atoms with Crippen LogP contribution < -0.4 is 0 Å². The SMILES string of the molecule is CCC(C)(CC)c1cc(C)n[nH]1. The van der Waals surface area contributed by atoms with Gasteiger partial charge in [-0.3, -0.25) is 5.10 Å². The first-order chi connectivity index (χ1) is 5.62. The van der Waals surface area contributed by atoms with Gasteiger partial charge in [-0.1, -0.05) is 20.8 Å². The largest absolute Gasteiger partial charge is 0.282 e. The normalized spacial score (nSPS) is 12.0. The third-order valence-corrected chi connectivity index (χ3v) is 2.92. The maximum Gasteiger partial charge on any atom is 0.0594 e. The standard InChI is InChI=1S/C10H18N2/c1-5-10(4,6-2)9-7-8(3)11-12-9/h7H,5-6H2,1-4H3,(H,11,12). The van der Waals surface area contributed by atoms with Crippen LogP contribution in [0.2, 0.25) is 0 Å². The maximum absolute atomic E-state index is 4.15. The smallest absolute Gasteiger partial charge is 0.0594 e. The van der Waals surface area contributed by atoms with E-state index in [9.17, 15) is 0 Å². The second-order valence-corrected chi connectivity index (χ2v) is 3.69. The first kappa shape index (κ1) is 9.30. The van der Waals surface area contributed by atoms with Crippen LogP contribution in [-0.2, 0) is 5.41 Å². The first-order valence-electron chi connectivity index (χ1n) is 4.65. The molecule has 0 aliphatic rings. The van der Waals surface area contributed by atoms with E-state index in [0.29, 0.717) is 0 Å². The maximum atomic E-state index is 4.15. The molecule has 2 nitrogen and oxygen atoms in total. The highest BCUT2D eigenvalue weighted by Gasteiger charge is 2.23. The number of hydrogen-bond donors (Lipinski definition) is 1. The van der Waals surface area contributed by atoms with Gasteiger partial charge in [-0.2, -0.15) is 5.10 Å². The van der Waals surface area contributed by atoms with Crippen molar-refractivity contribution in [1.29, 1.82) is 0 Å². The molecule has 0 aliphatic carbocycles. The van der Waals surface area contributed by atoms with Crippen molar-refractivity contribution in [3.63, 3.8) is 0 Å². The molecule has 1 rings (SSSR count). The summed E-state index contributed by atoms with van der Waals surface area (Å²) in [5, 5.41) is 7.25. The van der Waals surface area contributed by atoms with E-state index in [-0.39, 0.29) is 5.41 Å². The molecule has 0 bridgehead atoms. The zero-order valence-corrected chi connectivity index (χ0v) is 8.44. The lowest BCUT2D eigenvalue weighted by atomic mass is 9.81. The Morgan fingerprint density at radius 1 is 1.42 bits per heavy atom. The van der Waals surface area contributed by atoms with Gasteiger partial charge in [0.15, 0.2) is 0 Å². The van der Waals surface area contributed by atoms with Crippen molar-refractivity contribution in [3.05, 3.63) is 17.5 Å². The van der Waals surface area contributed by atoms with Crippen molar-refractivity contribution in [3.8, 4) is 0 Å². The molecule has 1 aromatic heterocycles. The van der Waals surface area contributed by atoms with Gasteiger partial charge in [0, 0.05) is 11.1 Å². The Kier molecular flexibility index (Phi) is 2.55. The lowest BCUT2D eigenvalue weighted by Crippen LogP contribution is -2.19. The van der Waals surface area contributed by atoms with Gasteiger partial charge in [0.2, 0.25) is 0 Å². The lowest BCUT2D eigenvalue weighted by Gasteiger charge is -2.24. The van der Waals surface area contributed by atoms with Gasteiger partial charge >= 0.3 is 0 Å². The fraction of sp³-hybridized carbons (Fsp3) is 0.700. The second kappa shape index (κ2) is 3.30. The highest BCUT2D eigenvalue weighted by atomic mass is 15.1. The molecule has 68 valence electrons. The van der Waals surface area contributed by atoms with E-state index in [4.69, 9.17) is 0 Å². The summed E-state index contributed by atoms with van der Waals surface area (Å²) in [5.74, 6) is 0. The van der Waals surface area contributed by atoms with E-state index >= 15 is 0 Å². The van der Waals surface area contributed by atoms with Crippen molar-refractivity contribution in [2.45, 2.75) is 46.0 Å². The van der Waals surface area contributed by atoms with Crippen LogP contribution in [0.25, 0.3) is 0 Å². The van der Waals surface area contributed by atoms with E-state index in [2.05, 4.69) is 37.0 Å². The van der Waals surface area contributed by atoms with Crippen LogP contribution in [0.3, 0.4) is 0 Å². The van der Waals surface area contributed by atoms with E-state index in [1.165, 1.54) is 5.69 Å². The molecule has 0 fully saturated rings. The van der Waals surface area contributed by atoms with Gasteiger partial charge in [0.25, 0.3) is 0 Å². The predicted molar refractivity (Wildman–Crippen MR) is 51.3 cm³/mol. The van der Waals surface area contributed by atoms with Gasteiger partial charge in [-0.25, -0.2) is 0 Å². The summed E-state index contributed by atoms with van der Waals surface area (Å²) in [5.41, 5.74) is 2.63. The number of aryl methyl sites for hydroxylation is 1. The van der Waals surface area contributed by atoms with Crippen LogP contribution in [0.1, 0.15) is 45.0 Å². The molecule has 1 heterocycles. The van der Waals surface area contributed by atoms with Gasteiger partial charge in [-0.15, -0.1) is 0 Å². The average molecular weight is 166 g/mol. The Morgan fingerprint density at radius 2 is 2.00 bits per heavy atom. The molecule has 0 saturated carbocycles. The zero-order chi connectivity index (χ0) is 9.19. The number of nitrogens with zero attached hydrogens (tertiary/aromatic N) is 1. The van der Waals surface area contributed by atoms with Crippen LogP contribution in [0.4, 0.5) is 0 Å². The highest BCUT2D eigenvalue weighted by molar-refractivity contribution is 5.16. The summed E-state index contributed by atoms with van der Waals surface area (Å²) >= 11 is 0. The minimum Gasteiger partial charge on any atom is -0.282 e. The van der Waals surface area contributed by atoms with Crippen molar-refractivity contribution in [2.75, 3.05) is 0 Å². The van der Waals surface area contributed by atoms with Gasteiger partial charge in [-0.05, 0) is 25.8 Å². The Labute approximate surface area is 74.4 Å². The fourth-order valence-corrected chi connectivity index (χ4v) is 1.36. The summed E-state index contributed by atoms with van der Waals surface area (Å²) in [6, 6.07) is 2.15. The number of rotatable bonds is 3. The van der Waals surface area contributed by atoms with E-state index in [1.54, 1.807) is 0 Å². The van der Waals surface area contributed by atoms with E-state index < -0.39 is 0 Å². The van der Waals surface area contributed by atoms with Crippen molar-refractivity contribution in [1.82, 2.24) is 10.2 Å². The van der Waals surface area contributed by atoms with Gasteiger partial charge in [0.1, 0.15) is 0 Å². The Balaban J connectivity index is 2.94. The summed E-state index contributed by atoms with van der Waals surface area (Å²) in [6.07, 6.45) is 2.32. The number of aromatic nitrogens is 2. The molecule has 1 N–H and O–H groups in total. The molecule has 0 spiro atoms. The molecule has 0 amide bonds. The topological polar surface area (TPSA) is 28.7 Å². The third kappa shape index (κ3) is 1.52. The second-order valence-electron chi connectivity index (χ2n) is 3.69. The van der Waals surface area contributed by atoms with Crippen molar-refractivity contribution >= 4 is 0 Å². The zero-order valence-electron chi connectivity index (χ0n) is 8.44. The molecule has 1 aromatic rings. The molecular weight excluding hydrogens is 148 g/mol. The number of hydrogen-bond acceptors (Lipinski definition) is 1.